The lowest BCUT2D eigenvalue weighted by atomic mass is 10.0. The Balaban J connectivity index is 0.00000176. The maximum absolute atomic E-state index is 13.9. The van der Waals surface area contributed by atoms with Crippen LogP contribution in [0.1, 0.15) is 24.8 Å². The molecule has 2 amide bonds. The largest absolute Gasteiger partial charge is 0.326 e. The fraction of sp³-hybridized carbons (Fsp3) is 0.467. The summed E-state index contributed by atoms with van der Waals surface area (Å²) in [6.45, 7) is 0.996. The topological polar surface area (TPSA) is 70.2 Å². The van der Waals surface area contributed by atoms with Crippen LogP contribution in [0.25, 0.3) is 0 Å². The molecule has 0 aromatic heterocycles. The lowest BCUT2D eigenvalue weighted by Gasteiger charge is -2.18. The van der Waals surface area contributed by atoms with Crippen molar-refractivity contribution in [3.8, 4) is 0 Å². The van der Waals surface area contributed by atoms with Gasteiger partial charge in [-0.1, -0.05) is 0 Å². The quantitative estimate of drug-likeness (QED) is 0.775. The number of carbonyl (C=O) groups is 2. The van der Waals surface area contributed by atoms with Crippen LogP contribution in [-0.2, 0) is 16.0 Å². The molecule has 1 aromatic carbocycles. The molecule has 0 unspecified atom stereocenters. The maximum Gasteiger partial charge on any atom is 0.238 e. The Morgan fingerprint density at radius 2 is 2.09 bits per heavy atom. The highest BCUT2D eigenvalue weighted by atomic mass is 35.5. The number of nitrogens with one attached hydrogen (secondary N) is 3. The van der Waals surface area contributed by atoms with Crippen LogP contribution in [0.2, 0.25) is 0 Å². The molecule has 0 atom stereocenters. The molecule has 2 aliphatic rings. The molecule has 1 fully saturated rings. The third kappa shape index (κ3) is 4.18. The molecule has 5 nitrogen and oxygen atoms in total. The molecule has 3 N–H and O–H groups in total. The summed E-state index contributed by atoms with van der Waals surface area (Å²) in [6, 6.07) is 2.86. The standard InChI is InChI=1S/C15H18FN3O2.ClH/c16-11-5-10-3-4-14(20)18-12(10)6-13(11)19-15(21)8-17-7-9-1-2-9;/h5-6,9,17H,1-4,7-8H2,(H,18,20)(H,19,21);1H. The highest BCUT2D eigenvalue weighted by Crippen LogP contribution is 2.29. The fourth-order valence-corrected chi connectivity index (χ4v) is 2.40. The van der Waals surface area contributed by atoms with Gasteiger partial charge in [0.25, 0.3) is 0 Å². The van der Waals surface area contributed by atoms with Crippen LogP contribution < -0.4 is 16.0 Å². The van der Waals surface area contributed by atoms with Gasteiger partial charge >= 0.3 is 0 Å². The second-order valence-corrected chi connectivity index (χ2v) is 5.66. The lowest BCUT2D eigenvalue weighted by Crippen LogP contribution is -2.30. The average Bonchev–Trinajstić information content (AvgIpc) is 3.24. The minimum absolute atomic E-state index is 0. The van der Waals surface area contributed by atoms with Crippen molar-refractivity contribution >= 4 is 35.6 Å². The summed E-state index contributed by atoms with van der Waals surface area (Å²) in [4.78, 5) is 23.1. The predicted octanol–water partition coefficient (Wildman–Crippen LogP) is 2.07. The molecule has 0 bridgehead atoms. The van der Waals surface area contributed by atoms with Crippen LogP contribution in [0.3, 0.4) is 0 Å². The Kier molecular flexibility index (Phi) is 5.37. The highest BCUT2D eigenvalue weighted by Gasteiger charge is 2.21. The van der Waals surface area contributed by atoms with Gasteiger partial charge in [0, 0.05) is 12.1 Å². The number of hydrogen-bond acceptors (Lipinski definition) is 3. The van der Waals surface area contributed by atoms with Gasteiger partial charge < -0.3 is 16.0 Å². The zero-order valence-electron chi connectivity index (χ0n) is 12.1. The van der Waals surface area contributed by atoms with Crippen molar-refractivity contribution in [2.75, 3.05) is 23.7 Å². The molecule has 7 heteroatoms. The summed E-state index contributed by atoms with van der Waals surface area (Å²) >= 11 is 0. The highest BCUT2D eigenvalue weighted by molar-refractivity contribution is 5.97. The normalized spacial score (nSPS) is 16.3. The Hall–Kier alpha value is -1.66. The molecule has 1 aromatic rings. The van der Waals surface area contributed by atoms with Gasteiger partial charge in [-0.3, -0.25) is 9.59 Å². The van der Waals surface area contributed by atoms with Crippen LogP contribution in [0, 0.1) is 11.7 Å². The van der Waals surface area contributed by atoms with E-state index in [1.807, 2.05) is 0 Å². The van der Waals surface area contributed by atoms with E-state index in [-0.39, 0.29) is 36.5 Å². The summed E-state index contributed by atoms with van der Waals surface area (Å²) < 4.78 is 13.9. The van der Waals surface area contributed by atoms with E-state index in [2.05, 4.69) is 16.0 Å². The molecule has 1 heterocycles. The summed E-state index contributed by atoms with van der Waals surface area (Å²) in [5, 5.41) is 8.29. The Bertz CT molecular complexity index is 590. The average molecular weight is 328 g/mol. The summed E-state index contributed by atoms with van der Waals surface area (Å²) in [7, 11) is 0. The first-order valence-electron chi connectivity index (χ1n) is 7.24. The number of rotatable bonds is 5. The molecule has 0 radical (unpaired) electrons. The van der Waals surface area contributed by atoms with Gasteiger partial charge in [0.2, 0.25) is 11.8 Å². The second-order valence-electron chi connectivity index (χ2n) is 5.66. The minimum atomic E-state index is -0.472. The molecule has 1 saturated carbocycles. The van der Waals surface area contributed by atoms with E-state index in [0.29, 0.717) is 24.4 Å². The van der Waals surface area contributed by atoms with E-state index in [4.69, 9.17) is 0 Å². The lowest BCUT2D eigenvalue weighted by molar-refractivity contribution is -0.116. The Morgan fingerprint density at radius 3 is 2.82 bits per heavy atom. The van der Waals surface area contributed by atoms with Crippen molar-refractivity contribution in [1.82, 2.24) is 5.32 Å². The number of halogens is 2. The van der Waals surface area contributed by atoms with Crippen LogP contribution >= 0.6 is 12.4 Å². The first-order chi connectivity index (χ1) is 10.1. The van der Waals surface area contributed by atoms with E-state index < -0.39 is 5.82 Å². The van der Waals surface area contributed by atoms with E-state index in [1.165, 1.54) is 25.0 Å². The van der Waals surface area contributed by atoms with Gasteiger partial charge in [0.15, 0.2) is 0 Å². The number of fused-ring (bicyclic) bond motifs is 1. The second kappa shape index (κ2) is 7.07. The van der Waals surface area contributed by atoms with Crippen molar-refractivity contribution in [2.24, 2.45) is 5.92 Å². The molecule has 22 heavy (non-hydrogen) atoms. The van der Waals surface area contributed by atoms with Crippen molar-refractivity contribution in [3.05, 3.63) is 23.5 Å². The molecule has 0 spiro atoms. The van der Waals surface area contributed by atoms with Crippen molar-refractivity contribution in [1.29, 1.82) is 0 Å². The number of anilines is 2. The summed E-state index contributed by atoms with van der Waals surface area (Å²) in [5.74, 6) is -0.150. The molecule has 1 aliphatic carbocycles. The number of hydrogen-bond donors (Lipinski definition) is 3. The zero-order valence-corrected chi connectivity index (χ0v) is 12.9. The van der Waals surface area contributed by atoms with Crippen LogP contribution in [0.5, 0.6) is 0 Å². The fourth-order valence-electron chi connectivity index (χ4n) is 2.40. The van der Waals surface area contributed by atoms with Crippen molar-refractivity contribution in [2.45, 2.75) is 25.7 Å². The van der Waals surface area contributed by atoms with Gasteiger partial charge in [-0.25, -0.2) is 4.39 Å². The van der Waals surface area contributed by atoms with Gasteiger partial charge in [-0.15, -0.1) is 12.4 Å². The Labute approximate surface area is 134 Å². The number of aryl methyl sites for hydroxylation is 1. The molecule has 120 valence electrons. The zero-order chi connectivity index (χ0) is 14.8. The van der Waals surface area contributed by atoms with Crippen molar-refractivity contribution in [3.63, 3.8) is 0 Å². The van der Waals surface area contributed by atoms with Gasteiger partial charge in [-0.05, 0) is 49.4 Å². The molecule has 1 aliphatic heterocycles. The molecule has 3 rings (SSSR count). The Morgan fingerprint density at radius 1 is 1.32 bits per heavy atom. The first-order valence-corrected chi connectivity index (χ1v) is 7.24. The van der Waals surface area contributed by atoms with Crippen LogP contribution in [-0.4, -0.2) is 24.9 Å². The minimum Gasteiger partial charge on any atom is -0.326 e. The number of carbonyl (C=O) groups excluding carboxylic acids is 2. The third-order valence-corrected chi connectivity index (χ3v) is 3.78. The van der Waals surface area contributed by atoms with Crippen LogP contribution in [0.15, 0.2) is 12.1 Å². The summed E-state index contributed by atoms with van der Waals surface area (Å²) in [5.41, 5.74) is 1.44. The first kappa shape index (κ1) is 16.7. The van der Waals surface area contributed by atoms with Gasteiger partial charge in [0.05, 0.1) is 12.2 Å². The number of benzene rings is 1. The van der Waals surface area contributed by atoms with Gasteiger partial charge in [0.1, 0.15) is 5.82 Å². The smallest absolute Gasteiger partial charge is 0.238 e. The van der Waals surface area contributed by atoms with E-state index in [0.717, 1.165) is 12.1 Å². The summed E-state index contributed by atoms with van der Waals surface area (Å²) in [6.07, 6.45) is 3.32. The van der Waals surface area contributed by atoms with Crippen LogP contribution in [0.4, 0.5) is 15.8 Å². The van der Waals surface area contributed by atoms with Gasteiger partial charge in [-0.2, -0.15) is 0 Å². The molecule has 0 saturated heterocycles. The molecular weight excluding hydrogens is 309 g/mol. The van der Waals surface area contributed by atoms with Crippen molar-refractivity contribution < 1.29 is 14.0 Å². The maximum atomic E-state index is 13.9. The number of amides is 2. The van der Waals surface area contributed by atoms with E-state index in [9.17, 15) is 14.0 Å². The monoisotopic (exact) mass is 327 g/mol. The third-order valence-electron chi connectivity index (χ3n) is 3.78. The van der Waals surface area contributed by atoms with E-state index >= 15 is 0 Å². The predicted molar refractivity (Wildman–Crippen MR) is 84.8 cm³/mol. The molecular formula is C15H19ClFN3O2. The SMILES string of the molecule is Cl.O=C(CNCC1CC1)Nc1cc2c(cc1F)CCC(=O)N2. The van der Waals surface area contributed by atoms with E-state index in [1.54, 1.807) is 0 Å².